The molecular weight excluding hydrogens is 326 g/mol. The summed E-state index contributed by atoms with van der Waals surface area (Å²) in [5.41, 5.74) is 1.49. The molecule has 0 atom stereocenters. The highest BCUT2D eigenvalue weighted by molar-refractivity contribution is 5.89. The van der Waals surface area contributed by atoms with Crippen molar-refractivity contribution in [3.05, 3.63) is 63.9 Å². The fraction of sp³-hybridized carbons (Fsp3) is 0.118. The molecule has 1 amide bonds. The second-order valence-electron chi connectivity index (χ2n) is 5.38. The molecule has 25 heavy (non-hydrogen) atoms. The van der Waals surface area contributed by atoms with E-state index in [1.807, 2.05) is 31.2 Å². The van der Waals surface area contributed by atoms with Gasteiger partial charge >= 0.3 is 12.2 Å². The minimum absolute atomic E-state index is 0.0486. The normalized spacial score (nSPS) is 10.6. The maximum absolute atomic E-state index is 12.4. The van der Waals surface area contributed by atoms with E-state index in [0.717, 1.165) is 15.8 Å². The molecule has 3 N–H and O–H groups in total. The van der Waals surface area contributed by atoms with E-state index in [4.69, 9.17) is 5.11 Å². The van der Waals surface area contributed by atoms with Gasteiger partial charge in [-0.2, -0.15) is 4.68 Å². The molecule has 0 aliphatic heterocycles. The summed E-state index contributed by atoms with van der Waals surface area (Å²) in [7, 11) is 0. The molecule has 1 heterocycles. The first-order valence-corrected chi connectivity index (χ1v) is 7.44. The minimum Gasteiger partial charge on any atom is -0.449 e. The maximum atomic E-state index is 12.4. The number of fused-ring (bicyclic) bond motifs is 1. The van der Waals surface area contributed by atoms with Crippen molar-refractivity contribution >= 4 is 23.1 Å². The van der Waals surface area contributed by atoms with Crippen LogP contribution in [0.3, 0.4) is 0 Å². The number of benzene rings is 2. The lowest BCUT2D eigenvalue weighted by molar-refractivity contribution is 0.145. The van der Waals surface area contributed by atoms with Gasteiger partial charge in [-0.3, -0.25) is 9.89 Å². The number of aryl methyl sites for hydroxylation is 1. The number of carbonyl (C=O) groups excluding carboxylic acids is 1. The number of nitrogens with zero attached hydrogens (tertiary/aromatic N) is 1. The Bertz CT molecular complexity index is 1020. The first-order chi connectivity index (χ1) is 12.0. The SMILES string of the molecule is Cc1ccccc1CNC(=O)n1[nH]c2c(OC(=O)O)cccc2c1=O. The summed E-state index contributed by atoms with van der Waals surface area (Å²) in [6.07, 6.45) is -1.51. The van der Waals surface area contributed by atoms with Crippen LogP contribution in [0.5, 0.6) is 5.75 Å². The molecule has 0 unspecified atom stereocenters. The van der Waals surface area contributed by atoms with E-state index in [1.165, 1.54) is 18.2 Å². The highest BCUT2D eigenvalue weighted by Crippen LogP contribution is 2.21. The predicted octanol–water partition coefficient (Wildman–Crippen LogP) is 2.45. The van der Waals surface area contributed by atoms with Gasteiger partial charge in [0.1, 0.15) is 5.52 Å². The Kier molecular flexibility index (Phi) is 4.25. The lowest BCUT2D eigenvalue weighted by Gasteiger charge is -2.07. The third-order valence-electron chi connectivity index (χ3n) is 3.78. The van der Waals surface area contributed by atoms with Crippen LogP contribution in [0.15, 0.2) is 47.3 Å². The first kappa shape index (κ1) is 16.3. The number of ether oxygens (including phenoxy) is 1. The molecule has 8 heteroatoms. The average Bonchev–Trinajstić information content (AvgIpc) is 2.92. The number of amides is 1. The predicted molar refractivity (Wildman–Crippen MR) is 90.0 cm³/mol. The summed E-state index contributed by atoms with van der Waals surface area (Å²) in [6, 6.07) is 11.3. The number of aromatic amines is 1. The Morgan fingerprint density at radius 1 is 1.20 bits per heavy atom. The van der Waals surface area contributed by atoms with Crippen LogP contribution in [0.1, 0.15) is 11.1 Å². The summed E-state index contributed by atoms with van der Waals surface area (Å²) in [5.74, 6) is -0.0486. The molecule has 0 spiro atoms. The van der Waals surface area contributed by atoms with Crippen LogP contribution in [0, 0.1) is 6.92 Å². The average molecular weight is 341 g/mol. The van der Waals surface area contributed by atoms with Crippen LogP contribution in [0.25, 0.3) is 10.9 Å². The molecule has 0 aliphatic carbocycles. The van der Waals surface area contributed by atoms with Crippen LogP contribution < -0.4 is 15.6 Å². The summed E-state index contributed by atoms with van der Waals surface area (Å²) < 4.78 is 5.41. The molecule has 1 aromatic heterocycles. The zero-order valence-electron chi connectivity index (χ0n) is 13.3. The molecule has 0 radical (unpaired) electrons. The van der Waals surface area contributed by atoms with E-state index in [1.54, 1.807) is 0 Å². The van der Waals surface area contributed by atoms with E-state index in [0.29, 0.717) is 0 Å². The molecule has 2 aromatic carbocycles. The number of hydrogen-bond acceptors (Lipinski definition) is 4. The van der Waals surface area contributed by atoms with E-state index in [-0.39, 0.29) is 23.2 Å². The molecule has 0 saturated carbocycles. The number of H-pyrrole nitrogens is 1. The van der Waals surface area contributed by atoms with Crippen molar-refractivity contribution in [1.82, 2.24) is 15.1 Å². The second-order valence-corrected chi connectivity index (χ2v) is 5.38. The third-order valence-corrected chi connectivity index (χ3v) is 3.78. The van der Waals surface area contributed by atoms with Crippen LogP contribution in [0.4, 0.5) is 9.59 Å². The van der Waals surface area contributed by atoms with Crippen molar-refractivity contribution in [3.8, 4) is 5.75 Å². The third kappa shape index (κ3) is 3.23. The molecule has 0 saturated heterocycles. The summed E-state index contributed by atoms with van der Waals surface area (Å²) in [4.78, 5) is 35.4. The number of hydrogen-bond donors (Lipinski definition) is 3. The van der Waals surface area contributed by atoms with Gasteiger partial charge in [-0.15, -0.1) is 0 Å². The largest absolute Gasteiger partial charge is 0.511 e. The smallest absolute Gasteiger partial charge is 0.449 e. The van der Waals surface area contributed by atoms with Gasteiger partial charge < -0.3 is 15.2 Å². The Balaban J connectivity index is 1.89. The monoisotopic (exact) mass is 341 g/mol. The van der Waals surface area contributed by atoms with Gasteiger partial charge in [0.15, 0.2) is 5.75 Å². The van der Waals surface area contributed by atoms with Gasteiger partial charge in [0.2, 0.25) is 0 Å². The molecule has 128 valence electrons. The van der Waals surface area contributed by atoms with Crippen molar-refractivity contribution < 1.29 is 19.4 Å². The topological polar surface area (TPSA) is 113 Å². The number of carbonyl (C=O) groups is 2. The van der Waals surface area contributed by atoms with Crippen molar-refractivity contribution in [3.63, 3.8) is 0 Å². The molecule has 0 aliphatic rings. The van der Waals surface area contributed by atoms with E-state index in [2.05, 4.69) is 15.2 Å². The Morgan fingerprint density at radius 3 is 2.68 bits per heavy atom. The highest BCUT2D eigenvalue weighted by Gasteiger charge is 2.17. The number of nitrogens with one attached hydrogen (secondary N) is 2. The number of carboxylic acid groups (broad SMARTS) is 1. The van der Waals surface area contributed by atoms with Crippen LogP contribution >= 0.6 is 0 Å². The lowest BCUT2D eigenvalue weighted by Crippen LogP contribution is -2.35. The Labute approximate surface area is 141 Å². The fourth-order valence-corrected chi connectivity index (χ4v) is 2.49. The second kappa shape index (κ2) is 6.52. The summed E-state index contributed by atoms with van der Waals surface area (Å²) in [6.45, 7) is 2.18. The van der Waals surface area contributed by atoms with Crippen molar-refractivity contribution in [1.29, 1.82) is 0 Å². The first-order valence-electron chi connectivity index (χ1n) is 7.44. The minimum atomic E-state index is -1.51. The molecule has 0 bridgehead atoms. The fourth-order valence-electron chi connectivity index (χ4n) is 2.49. The van der Waals surface area contributed by atoms with Gasteiger partial charge in [0.25, 0.3) is 5.56 Å². The molecular formula is C17H15N3O5. The van der Waals surface area contributed by atoms with E-state index in [9.17, 15) is 14.4 Å². The van der Waals surface area contributed by atoms with Crippen LogP contribution in [-0.4, -0.2) is 27.1 Å². The zero-order valence-corrected chi connectivity index (χ0v) is 13.3. The van der Waals surface area contributed by atoms with Crippen LogP contribution in [0.2, 0.25) is 0 Å². The quantitative estimate of drug-likeness (QED) is 0.500. The summed E-state index contributed by atoms with van der Waals surface area (Å²) >= 11 is 0. The Hall–Kier alpha value is -3.55. The van der Waals surface area contributed by atoms with Gasteiger partial charge in [-0.05, 0) is 30.2 Å². The van der Waals surface area contributed by atoms with Crippen molar-refractivity contribution in [2.45, 2.75) is 13.5 Å². The maximum Gasteiger partial charge on any atom is 0.511 e. The molecule has 8 nitrogen and oxygen atoms in total. The van der Waals surface area contributed by atoms with Crippen molar-refractivity contribution in [2.75, 3.05) is 0 Å². The van der Waals surface area contributed by atoms with Gasteiger partial charge in [0, 0.05) is 6.54 Å². The van der Waals surface area contributed by atoms with E-state index >= 15 is 0 Å². The molecule has 3 aromatic rings. The molecule has 3 rings (SSSR count). The van der Waals surface area contributed by atoms with Gasteiger partial charge in [-0.25, -0.2) is 9.59 Å². The van der Waals surface area contributed by atoms with Crippen LogP contribution in [-0.2, 0) is 6.54 Å². The highest BCUT2D eigenvalue weighted by atomic mass is 16.7. The summed E-state index contributed by atoms with van der Waals surface area (Å²) in [5, 5.41) is 14.2. The van der Waals surface area contributed by atoms with Crippen molar-refractivity contribution in [2.24, 2.45) is 0 Å². The zero-order chi connectivity index (χ0) is 18.0. The lowest BCUT2D eigenvalue weighted by atomic mass is 10.1. The molecule has 0 fully saturated rings. The van der Waals surface area contributed by atoms with Gasteiger partial charge in [0.05, 0.1) is 5.39 Å². The van der Waals surface area contributed by atoms with Gasteiger partial charge in [-0.1, -0.05) is 30.3 Å². The Morgan fingerprint density at radius 2 is 1.96 bits per heavy atom. The standard InChI is InChI=1S/C17H15N3O5/c1-10-5-2-3-6-11(10)9-18-16(22)20-15(21)12-7-4-8-13(14(12)19-20)25-17(23)24/h2-8,19H,9H2,1H3,(H,18,22)(H,23,24). The van der Waals surface area contributed by atoms with E-state index < -0.39 is 17.7 Å². The number of rotatable bonds is 3. The number of aromatic nitrogens is 2. The number of para-hydroxylation sites is 1.